The molecule has 2 rings (SSSR count). The molecule has 1 aromatic carbocycles. The van der Waals surface area contributed by atoms with Crippen LogP contribution >= 0.6 is 0 Å². The SMILES string of the molecule is COc1cc(C=CC(=O)OC[C@H]2O[C@H](OC[C@@](C)(O)[C@@H](O)CO)[C@H](O)[C@@H](O)[C@@H]2O)cc(OC)c1O. The monoisotopic (exact) mass is 504 g/mol. The lowest BCUT2D eigenvalue weighted by Gasteiger charge is -2.41. The molecule has 198 valence electrons. The third-order valence-corrected chi connectivity index (χ3v) is 5.40. The highest BCUT2D eigenvalue weighted by atomic mass is 16.7. The van der Waals surface area contributed by atoms with Gasteiger partial charge in [-0.25, -0.2) is 4.79 Å². The van der Waals surface area contributed by atoms with Gasteiger partial charge in [-0.2, -0.15) is 0 Å². The number of carbonyl (C=O) groups is 1. The number of esters is 1. The van der Waals surface area contributed by atoms with Gasteiger partial charge in [-0.1, -0.05) is 0 Å². The predicted octanol–water partition coefficient (Wildman–Crippen LogP) is -2.11. The van der Waals surface area contributed by atoms with Gasteiger partial charge < -0.3 is 59.4 Å². The smallest absolute Gasteiger partial charge is 0.330 e. The number of benzene rings is 1. The van der Waals surface area contributed by atoms with Gasteiger partial charge in [-0.15, -0.1) is 0 Å². The van der Waals surface area contributed by atoms with Crippen LogP contribution in [0.25, 0.3) is 6.08 Å². The fourth-order valence-electron chi connectivity index (χ4n) is 3.12. The van der Waals surface area contributed by atoms with Gasteiger partial charge in [0.1, 0.15) is 42.7 Å². The van der Waals surface area contributed by atoms with E-state index in [-0.39, 0.29) is 17.2 Å². The normalized spacial score (nSPS) is 27.3. The van der Waals surface area contributed by atoms with Crippen LogP contribution in [-0.2, 0) is 19.0 Å². The Labute approximate surface area is 201 Å². The largest absolute Gasteiger partial charge is 0.502 e. The minimum absolute atomic E-state index is 0.125. The number of methoxy groups -OCH3 is 2. The number of hydrogen-bond acceptors (Lipinski definition) is 13. The topological polar surface area (TPSA) is 205 Å². The van der Waals surface area contributed by atoms with E-state index in [0.29, 0.717) is 5.56 Å². The average molecular weight is 504 g/mol. The van der Waals surface area contributed by atoms with Crippen molar-refractivity contribution >= 4 is 12.0 Å². The van der Waals surface area contributed by atoms with Gasteiger partial charge in [-0.3, -0.25) is 0 Å². The first-order chi connectivity index (χ1) is 16.4. The summed E-state index contributed by atoms with van der Waals surface area (Å²) >= 11 is 0. The lowest BCUT2D eigenvalue weighted by Crippen LogP contribution is -2.60. The number of rotatable bonds is 11. The summed E-state index contributed by atoms with van der Waals surface area (Å²) in [5.74, 6) is -0.790. The number of aliphatic hydroxyl groups is 6. The second-order valence-corrected chi connectivity index (χ2v) is 8.12. The number of ether oxygens (including phenoxy) is 5. The Morgan fingerprint density at radius 2 is 1.74 bits per heavy atom. The number of hydrogen-bond donors (Lipinski definition) is 7. The van der Waals surface area contributed by atoms with Crippen LogP contribution in [0.4, 0.5) is 0 Å². The van der Waals surface area contributed by atoms with E-state index in [1.54, 1.807) is 0 Å². The van der Waals surface area contributed by atoms with Gasteiger partial charge in [0, 0.05) is 6.08 Å². The first-order valence-electron chi connectivity index (χ1n) is 10.6. The molecule has 0 bridgehead atoms. The molecule has 1 fully saturated rings. The van der Waals surface area contributed by atoms with E-state index >= 15 is 0 Å². The van der Waals surface area contributed by atoms with Crippen molar-refractivity contribution in [3.63, 3.8) is 0 Å². The fraction of sp³-hybridized carbons (Fsp3) is 0.591. The first kappa shape index (κ1) is 28.7. The number of phenolic OH excluding ortho intramolecular Hbond substituents is 1. The van der Waals surface area contributed by atoms with Crippen molar-refractivity contribution in [2.24, 2.45) is 0 Å². The standard InChI is InChI=1S/C22H32O13/c1-22(30,15(24)8-23)10-34-21-20(29)19(28)18(27)14(35-21)9-33-16(25)5-4-11-6-12(31-2)17(26)13(7-11)32-3/h4-7,14-15,18-21,23-24,26-30H,8-10H2,1-3H3/t14-,15+,18-,19+,20-,21+,22-/m1/s1. The maximum absolute atomic E-state index is 12.1. The number of phenols is 1. The van der Waals surface area contributed by atoms with Crippen LogP contribution in [0, 0.1) is 0 Å². The van der Waals surface area contributed by atoms with E-state index in [0.717, 1.165) is 6.08 Å². The summed E-state index contributed by atoms with van der Waals surface area (Å²) < 4.78 is 25.7. The highest BCUT2D eigenvalue weighted by molar-refractivity contribution is 5.87. The van der Waals surface area contributed by atoms with Crippen molar-refractivity contribution in [1.82, 2.24) is 0 Å². The molecule has 1 aliphatic heterocycles. The van der Waals surface area contributed by atoms with E-state index in [2.05, 4.69) is 0 Å². The number of carbonyl (C=O) groups excluding carboxylic acids is 1. The molecule has 0 radical (unpaired) electrons. The molecule has 1 heterocycles. The zero-order chi connectivity index (χ0) is 26.3. The van der Waals surface area contributed by atoms with Crippen molar-refractivity contribution in [2.45, 2.75) is 49.3 Å². The predicted molar refractivity (Wildman–Crippen MR) is 118 cm³/mol. The maximum Gasteiger partial charge on any atom is 0.330 e. The van der Waals surface area contributed by atoms with E-state index in [1.165, 1.54) is 39.4 Å². The Kier molecular flexibility index (Phi) is 10.2. The summed E-state index contributed by atoms with van der Waals surface area (Å²) in [5.41, 5.74) is -1.45. The molecule has 0 unspecified atom stereocenters. The lowest BCUT2D eigenvalue weighted by atomic mass is 9.98. The Morgan fingerprint density at radius 1 is 1.14 bits per heavy atom. The Morgan fingerprint density at radius 3 is 2.29 bits per heavy atom. The molecule has 0 amide bonds. The van der Waals surface area contributed by atoms with Gasteiger partial charge >= 0.3 is 5.97 Å². The molecular formula is C22H32O13. The van der Waals surface area contributed by atoms with Crippen LogP contribution < -0.4 is 9.47 Å². The maximum atomic E-state index is 12.1. The van der Waals surface area contributed by atoms with Crippen LogP contribution in [0.1, 0.15) is 12.5 Å². The van der Waals surface area contributed by atoms with Gasteiger partial charge in [0.05, 0.1) is 27.4 Å². The van der Waals surface area contributed by atoms with Crippen molar-refractivity contribution in [1.29, 1.82) is 0 Å². The van der Waals surface area contributed by atoms with E-state index in [4.69, 9.17) is 28.8 Å². The molecule has 1 aromatic rings. The number of aromatic hydroxyl groups is 1. The zero-order valence-corrected chi connectivity index (χ0v) is 19.5. The minimum Gasteiger partial charge on any atom is -0.502 e. The summed E-state index contributed by atoms with van der Waals surface area (Å²) in [7, 11) is 2.70. The van der Waals surface area contributed by atoms with Crippen molar-refractivity contribution < 1.29 is 64.2 Å². The molecule has 0 saturated carbocycles. The van der Waals surface area contributed by atoms with E-state index in [9.17, 15) is 35.4 Å². The van der Waals surface area contributed by atoms with Crippen LogP contribution in [-0.4, -0.2) is 118 Å². The first-order valence-corrected chi connectivity index (χ1v) is 10.6. The van der Waals surface area contributed by atoms with Crippen molar-refractivity contribution in [3.05, 3.63) is 23.8 Å². The molecule has 0 spiro atoms. The summed E-state index contributed by atoms with van der Waals surface area (Å²) in [4.78, 5) is 12.1. The number of aliphatic hydroxyl groups excluding tert-OH is 5. The third-order valence-electron chi connectivity index (χ3n) is 5.40. The van der Waals surface area contributed by atoms with Crippen LogP contribution in [0.2, 0.25) is 0 Å². The second-order valence-electron chi connectivity index (χ2n) is 8.12. The van der Waals surface area contributed by atoms with Crippen molar-refractivity contribution in [2.75, 3.05) is 34.0 Å². The molecule has 13 nitrogen and oxygen atoms in total. The summed E-state index contributed by atoms with van der Waals surface area (Å²) in [6.07, 6.45) is -7.01. The lowest BCUT2D eigenvalue weighted by molar-refractivity contribution is -0.311. The summed E-state index contributed by atoms with van der Waals surface area (Å²) in [5, 5.41) is 69.0. The molecule has 7 N–H and O–H groups in total. The van der Waals surface area contributed by atoms with Crippen LogP contribution in [0.3, 0.4) is 0 Å². The van der Waals surface area contributed by atoms with Gasteiger partial charge in [0.25, 0.3) is 0 Å². The Hall–Kier alpha value is -2.49. The summed E-state index contributed by atoms with van der Waals surface area (Å²) in [6.45, 7) is -0.680. The van der Waals surface area contributed by atoms with Crippen LogP contribution in [0.15, 0.2) is 18.2 Å². The molecule has 1 aliphatic rings. The molecular weight excluding hydrogens is 472 g/mol. The van der Waals surface area contributed by atoms with E-state index < -0.39 is 68.2 Å². The molecule has 35 heavy (non-hydrogen) atoms. The summed E-state index contributed by atoms with van der Waals surface area (Å²) in [6, 6.07) is 2.91. The molecule has 13 heteroatoms. The van der Waals surface area contributed by atoms with Gasteiger partial charge in [0.2, 0.25) is 5.75 Å². The highest BCUT2D eigenvalue weighted by Crippen LogP contribution is 2.37. The minimum atomic E-state index is -1.90. The molecule has 1 saturated heterocycles. The zero-order valence-electron chi connectivity index (χ0n) is 19.5. The molecule has 0 aromatic heterocycles. The highest BCUT2D eigenvalue weighted by Gasteiger charge is 2.45. The molecule has 7 atom stereocenters. The van der Waals surface area contributed by atoms with Crippen molar-refractivity contribution in [3.8, 4) is 17.2 Å². The quantitative estimate of drug-likeness (QED) is 0.127. The van der Waals surface area contributed by atoms with E-state index in [1.807, 2.05) is 0 Å². The fourth-order valence-corrected chi connectivity index (χ4v) is 3.12. The van der Waals surface area contributed by atoms with Crippen LogP contribution in [0.5, 0.6) is 17.2 Å². The van der Waals surface area contributed by atoms with Gasteiger partial charge in [0.15, 0.2) is 17.8 Å². The van der Waals surface area contributed by atoms with Gasteiger partial charge in [-0.05, 0) is 30.7 Å². The second kappa shape index (κ2) is 12.5. The average Bonchev–Trinajstić information content (AvgIpc) is 2.84. The Balaban J connectivity index is 1.99. The molecule has 0 aliphatic carbocycles. The third kappa shape index (κ3) is 7.25. The Bertz CT molecular complexity index is 846.